The normalized spacial score (nSPS) is 8.64. The van der Waals surface area contributed by atoms with Crippen molar-refractivity contribution in [1.82, 2.24) is 5.32 Å². The van der Waals surface area contributed by atoms with E-state index in [-0.39, 0.29) is 0 Å². The average Bonchev–Trinajstić information content (AvgIpc) is 2.21. The summed E-state index contributed by atoms with van der Waals surface area (Å²) in [5, 5.41) is 11.8. The summed E-state index contributed by atoms with van der Waals surface area (Å²) in [6, 6.07) is 7.73. The van der Waals surface area contributed by atoms with Crippen LogP contribution in [-0.4, -0.2) is 13.6 Å². The van der Waals surface area contributed by atoms with Gasteiger partial charge in [0.2, 0.25) is 0 Å². The molecule has 0 bridgehead atoms. The van der Waals surface area contributed by atoms with Crippen molar-refractivity contribution < 1.29 is 0 Å². The number of hydrogen-bond donors (Lipinski definition) is 1. The second kappa shape index (κ2) is 5.07. The minimum atomic E-state index is 0.663. The maximum atomic E-state index is 8.80. The zero-order chi connectivity index (χ0) is 10.4. The fraction of sp³-hybridized carbons (Fsp3) is 0.250. The van der Waals surface area contributed by atoms with Crippen molar-refractivity contribution >= 4 is 0 Å². The van der Waals surface area contributed by atoms with E-state index in [1.807, 2.05) is 26.1 Å². The molecule has 14 heavy (non-hydrogen) atoms. The van der Waals surface area contributed by atoms with Gasteiger partial charge in [0.15, 0.2) is 0 Å². The molecule has 1 rings (SSSR count). The predicted octanol–water partition coefficient (Wildman–Crippen LogP) is 1.44. The first-order valence-corrected chi connectivity index (χ1v) is 4.42. The highest BCUT2D eigenvalue weighted by molar-refractivity contribution is 5.49. The Balaban J connectivity index is 3.01. The number of hydrogen-bond acceptors (Lipinski definition) is 2. The van der Waals surface area contributed by atoms with Crippen LogP contribution in [0.5, 0.6) is 0 Å². The smallest absolute Gasteiger partial charge is 0.0994 e. The fourth-order valence-corrected chi connectivity index (χ4v) is 1.12. The Kier molecular flexibility index (Phi) is 3.73. The molecule has 0 aliphatic carbocycles. The third-order valence-corrected chi connectivity index (χ3v) is 1.94. The molecule has 1 N–H and O–H groups in total. The van der Waals surface area contributed by atoms with Crippen molar-refractivity contribution in [3.8, 4) is 17.9 Å². The average molecular weight is 184 g/mol. The van der Waals surface area contributed by atoms with Crippen molar-refractivity contribution in [3.63, 3.8) is 0 Å². The lowest BCUT2D eigenvalue weighted by Gasteiger charge is -1.98. The Bertz CT molecular complexity index is 416. The van der Waals surface area contributed by atoms with E-state index < -0.39 is 0 Å². The number of benzene rings is 1. The summed E-state index contributed by atoms with van der Waals surface area (Å²) in [6.45, 7) is 2.58. The second-order valence-electron chi connectivity index (χ2n) is 2.92. The van der Waals surface area contributed by atoms with Gasteiger partial charge in [-0.2, -0.15) is 5.26 Å². The van der Waals surface area contributed by atoms with E-state index in [1.54, 1.807) is 6.07 Å². The molecule has 0 aromatic heterocycles. The second-order valence-corrected chi connectivity index (χ2v) is 2.92. The highest BCUT2D eigenvalue weighted by Crippen LogP contribution is 2.11. The standard InChI is InChI=1S/C12H12N2/c1-10-11(7-4-8-14-2)5-3-6-12(10)9-13/h3,5-6,14H,8H2,1-2H3. The van der Waals surface area contributed by atoms with Gasteiger partial charge in [-0.05, 0) is 31.7 Å². The van der Waals surface area contributed by atoms with Crippen LogP contribution in [0.4, 0.5) is 0 Å². The van der Waals surface area contributed by atoms with Gasteiger partial charge in [-0.25, -0.2) is 0 Å². The molecule has 0 radical (unpaired) electrons. The van der Waals surface area contributed by atoms with Crippen LogP contribution in [0.2, 0.25) is 0 Å². The third-order valence-electron chi connectivity index (χ3n) is 1.94. The minimum Gasteiger partial charge on any atom is -0.309 e. The molecule has 0 saturated heterocycles. The predicted molar refractivity (Wildman–Crippen MR) is 56.7 cm³/mol. The van der Waals surface area contributed by atoms with Crippen molar-refractivity contribution in [3.05, 3.63) is 34.9 Å². The summed E-state index contributed by atoms with van der Waals surface area (Å²) in [5.74, 6) is 6.00. The van der Waals surface area contributed by atoms with E-state index in [1.165, 1.54) is 0 Å². The van der Waals surface area contributed by atoms with Crippen LogP contribution in [0.3, 0.4) is 0 Å². The zero-order valence-electron chi connectivity index (χ0n) is 8.39. The molecule has 0 saturated carbocycles. The monoisotopic (exact) mass is 184 g/mol. The van der Waals surface area contributed by atoms with Crippen molar-refractivity contribution in [2.24, 2.45) is 0 Å². The Hall–Kier alpha value is -1.77. The third kappa shape index (κ3) is 2.36. The first-order valence-electron chi connectivity index (χ1n) is 4.42. The minimum absolute atomic E-state index is 0.663. The molecular weight excluding hydrogens is 172 g/mol. The lowest BCUT2D eigenvalue weighted by molar-refractivity contribution is 0.938. The lowest BCUT2D eigenvalue weighted by Crippen LogP contribution is -2.04. The van der Waals surface area contributed by atoms with E-state index in [2.05, 4.69) is 23.2 Å². The van der Waals surface area contributed by atoms with E-state index in [0.717, 1.165) is 11.1 Å². The number of nitrogens with one attached hydrogen (secondary N) is 1. The molecule has 0 atom stereocenters. The highest BCUT2D eigenvalue weighted by atomic mass is 14.8. The van der Waals surface area contributed by atoms with E-state index >= 15 is 0 Å². The van der Waals surface area contributed by atoms with Gasteiger partial charge in [0.1, 0.15) is 0 Å². The summed E-state index contributed by atoms with van der Waals surface area (Å²) < 4.78 is 0. The quantitative estimate of drug-likeness (QED) is 0.670. The molecular formula is C12H12N2. The van der Waals surface area contributed by atoms with Crippen LogP contribution < -0.4 is 5.32 Å². The van der Waals surface area contributed by atoms with Gasteiger partial charge < -0.3 is 5.32 Å². The van der Waals surface area contributed by atoms with Gasteiger partial charge in [-0.3, -0.25) is 0 Å². The zero-order valence-corrected chi connectivity index (χ0v) is 8.39. The van der Waals surface area contributed by atoms with Crippen LogP contribution in [0.15, 0.2) is 18.2 Å². The van der Waals surface area contributed by atoms with Gasteiger partial charge in [-0.15, -0.1) is 0 Å². The topological polar surface area (TPSA) is 35.8 Å². The molecule has 1 aromatic rings. The maximum absolute atomic E-state index is 8.80. The largest absolute Gasteiger partial charge is 0.309 e. The molecule has 0 heterocycles. The van der Waals surface area contributed by atoms with Gasteiger partial charge in [-0.1, -0.05) is 17.9 Å². The summed E-state index contributed by atoms with van der Waals surface area (Å²) in [6.07, 6.45) is 0. The Morgan fingerprint density at radius 2 is 2.07 bits per heavy atom. The van der Waals surface area contributed by atoms with E-state index in [0.29, 0.717) is 12.1 Å². The molecule has 0 aliphatic rings. The highest BCUT2D eigenvalue weighted by Gasteiger charge is 1.99. The van der Waals surface area contributed by atoms with Crippen LogP contribution in [0, 0.1) is 30.1 Å². The SMILES string of the molecule is CNCC#Cc1cccc(C#N)c1C. The van der Waals surface area contributed by atoms with Crippen molar-refractivity contribution in [1.29, 1.82) is 5.26 Å². The molecule has 2 heteroatoms. The van der Waals surface area contributed by atoms with Crippen molar-refractivity contribution in [2.45, 2.75) is 6.92 Å². The van der Waals surface area contributed by atoms with Gasteiger partial charge >= 0.3 is 0 Å². The number of rotatable bonds is 1. The van der Waals surface area contributed by atoms with E-state index in [4.69, 9.17) is 5.26 Å². The molecule has 0 fully saturated rings. The molecule has 1 aromatic carbocycles. The first kappa shape index (κ1) is 10.3. The summed E-state index contributed by atoms with van der Waals surface area (Å²) >= 11 is 0. The summed E-state index contributed by atoms with van der Waals surface area (Å²) in [4.78, 5) is 0. The van der Waals surface area contributed by atoms with Crippen LogP contribution in [-0.2, 0) is 0 Å². The van der Waals surface area contributed by atoms with E-state index in [9.17, 15) is 0 Å². The molecule has 0 aliphatic heterocycles. The molecule has 2 nitrogen and oxygen atoms in total. The van der Waals surface area contributed by atoms with Crippen LogP contribution in [0.25, 0.3) is 0 Å². The number of nitriles is 1. The summed E-state index contributed by atoms with van der Waals surface area (Å²) in [7, 11) is 1.85. The number of nitrogens with zero attached hydrogens (tertiary/aromatic N) is 1. The van der Waals surface area contributed by atoms with Crippen LogP contribution >= 0.6 is 0 Å². The molecule has 0 unspecified atom stereocenters. The summed E-state index contributed by atoms with van der Waals surface area (Å²) in [5.41, 5.74) is 2.58. The van der Waals surface area contributed by atoms with Gasteiger partial charge in [0.05, 0.1) is 18.2 Å². The first-order chi connectivity index (χ1) is 6.79. The lowest BCUT2D eigenvalue weighted by atomic mass is 10.0. The Morgan fingerprint density at radius 3 is 2.71 bits per heavy atom. The van der Waals surface area contributed by atoms with Crippen LogP contribution in [0.1, 0.15) is 16.7 Å². The van der Waals surface area contributed by atoms with Gasteiger partial charge in [0.25, 0.3) is 0 Å². The molecule has 70 valence electrons. The molecule has 0 spiro atoms. The van der Waals surface area contributed by atoms with Crippen molar-refractivity contribution in [2.75, 3.05) is 13.6 Å². The fourth-order valence-electron chi connectivity index (χ4n) is 1.12. The Labute approximate surface area is 84.6 Å². The molecule has 0 amide bonds. The van der Waals surface area contributed by atoms with Gasteiger partial charge in [0, 0.05) is 5.56 Å². The Morgan fingerprint density at radius 1 is 1.36 bits per heavy atom. The maximum Gasteiger partial charge on any atom is 0.0994 e.